The third-order valence-electron chi connectivity index (χ3n) is 3.25. The van der Waals surface area contributed by atoms with Crippen LogP contribution in [0.4, 0.5) is 4.39 Å². The molecule has 1 heterocycles. The summed E-state index contributed by atoms with van der Waals surface area (Å²) in [6.45, 7) is 0.155. The number of hydrogen-bond donors (Lipinski definition) is 1. The molecular formula is C17H12ClFN2O2. The van der Waals surface area contributed by atoms with E-state index in [1.165, 1.54) is 6.07 Å². The standard InChI is InChI=1S/C17H12ClFN2O2/c18-14-7-3-1-5-12(14)17(22)20-10-11-9-16(23-21-11)13-6-2-4-8-15(13)19/h1-9H,10H2,(H,20,22). The Bertz CT molecular complexity index is 848. The van der Waals surface area contributed by atoms with Crippen molar-refractivity contribution in [2.45, 2.75) is 6.54 Å². The van der Waals surface area contributed by atoms with Gasteiger partial charge in [0.05, 0.1) is 22.7 Å². The summed E-state index contributed by atoms with van der Waals surface area (Å²) in [5, 5.41) is 6.90. The number of nitrogens with zero attached hydrogens (tertiary/aromatic N) is 1. The number of nitrogens with one attached hydrogen (secondary N) is 1. The summed E-state index contributed by atoms with van der Waals surface area (Å²) in [4.78, 5) is 12.1. The second-order valence-electron chi connectivity index (χ2n) is 4.82. The number of benzene rings is 2. The van der Waals surface area contributed by atoms with Gasteiger partial charge in [-0.25, -0.2) is 4.39 Å². The normalized spacial score (nSPS) is 10.5. The summed E-state index contributed by atoms with van der Waals surface area (Å²) >= 11 is 5.97. The van der Waals surface area contributed by atoms with Crippen molar-refractivity contribution in [1.29, 1.82) is 0 Å². The molecule has 0 fully saturated rings. The van der Waals surface area contributed by atoms with E-state index in [0.29, 0.717) is 27.6 Å². The topological polar surface area (TPSA) is 55.1 Å². The van der Waals surface area contributed by atoms with E-state index in [-0.39, 0.29) is 12.5 Å². The van der Waals surface area contributed by atoms with E-state index in [9.17, 15) is 9.18 Å². The highest BCUT2D eigenvalue weighted by Crippen LogP contribution is 2.23. The SMILES string of the molecule is O=C(NCc1cc(-c2ccccc2F)on1)c1ccccc1Cl. The number of aromatic nitrogens is 1. The number of carbonyl (C=O) groups excluding carboxylic acids is 1. The molecule has 0 spiro atoms. The van der Waals surface area contributed by atoms with Crippen LogP contribution in [0.25, 0.3) is 11.3 Å². The fourth-order valence-electron chi connectivity index (χ4n) is 2.09. The number of rotatable bonds is 4. The van der Waals surface area contributed by atoms with E-state index in [4.69, 9.17) is 16.1 Å². The Balaban J connectivity index is 1.70. The zero-order chi connectivity index (χ0) is 16.2. The van der Waals surface area contributed by atoms with E-state index in [1.54, 1.807) is 48.5 Å². The van der Waals surface area contributed by atoms with Crippen LogP contribution in [0.15, 0.2) is 59.1 Å². The molecule has 2 aromatic carbocycles. The van der Waals surface area contributed by atoms with Crippen LogP contribution in [-0.2, 0) is 6.54 Å². The van der Waals surface area contributed by atoms with Crippen LogP contribution in [0.1, 0.15) is 16.1 Å². The second-order valence-corrected chi connectivity index (χ2v) is 5.23. The van der Waals surface area contributed by atoms with Gasteiger partial charge in [-0.2, -0.15) is 0 Å². The number of halogens is 2. The Morgan fingerprint density at radius 2 is 1.91 bits per heavy atom. The minimum Gasteiger partial charge on any atom is -0.356 e. The lowest BCUT2D eigenvalue weighted by Crippen LogP contribution is -2.23. The van der Waals surface area contributed by atoms with Crippen molar-refractivity contribution in [3.63, 3.8) is 0 Å². The molecular weight excluding hydrogens is 319 g/mol. The summed E-state index contributed by atoms with van der Waals surface area (Å²) in [5.74, 6) is -0.397. The first-order chi connectivity index (χ1) is 11.1. The maximum atomic E-state index is 13.7. The van der Waals surface area contributed by atoms with E-state index < -0.39 is 5.82 Å². The maximum absolute atomic E-state index is 13.7. The molecule has 0 bridgehead atoms. The van der Waals surface area contributed by atoms with Crippen LogP contribution >= 0.6 is 11.6 Å². The highest BCUT2D eigenvalue weighted by molar-refractivity contribution is 6.33. The Morgan fingerprint density at radius 3 is 2.70 bits per heavy atom. The van der Waals surface area contributed by atoms with Gasteiger partial charge in [-0.05, 0) is 24.3 Å². The van der Waals surface area contributed by atoms with Crippen molar-refractivity contribution in [1.82, 2.24) is 10.5 Å². The largest absolute Gasteiger partial charge is 0.356 e. The molecule has 116 valence electrons. The Labute approximate surface area is 136 Å². The van der Waals surface area contributed by atoms with Gasteiger partial charge in [0.1, 0.15) is 11.5 Å². The molecule has 0 saturated heterocycles. The van der Waals surface area contributed by atoms with Gasteiger partial charge in [-0.1, -0.05) is 41.0 Å². The van der Waals surface area contributed by atoms with Crippen LogP contribution < -0.4 is 5.32 Å². The van der Waals surface area contributed by atoms with Gasteiger partial charge in [0.2, 0.25) is 0 Å². The van der Waals surface area contributed by atoms with Crippen LogP contribution in [0.5, 0.6) is 0 Å². The van der Waals surface area contributed by atoms with Crippen LogP contribution in [0, 0.1) is 5.82 Å². The summed E-state index contributed by atoms with van der Waals surface area (Å²) in [7, 11) is 0. The maximum Gasteiger partial charge on any atom is 0.253 e. The third-order valence-corrected chi connectivity index (χ3v) is 3.58. The first-order valence-corrected chi connectivity index (χ1v) is 7.26. The summed E-state index contributed by atoms with van der Waals surface area (Å²) in [6, 6.07) is 14.6. The molecule has 0 aliphatic carbocycles. The second kappa shape index (κ2) is 6.62. The lowest BCUT2D eigenvalue weighted by Gasteiger charge is -2.04. The smallest absolute Gasteiger partial charge is 0.253 e. The van der Waals surface area contributed by atoms with Gasteiger partial charge < -0.3 is 9.84 Å². The molecule has 0 radical (unpaired) electrons. The van der Waals surface area contributed by atoms with Crippen molar-refractivity contribution in [2.24, 2.45) is 0 Å². The summed E-state index contributed by atoms with van der Waals surface area (Å²) < 4.78 is 18.8. The van der Waals surface area contributed by atoms with E-state index >= 15 is 0 Å². The molecule has 6 heteroatoms. The fraction of sp³-hybridized carbons (Fsp3) is 0.0588. The molecule has 1 aromatic heterocycles. The van der Waals surface area contributed by atoms with Gasteiger partial charge in [-0.15, -0.1) is 0 Å². The quantitative estimate of drug-likeness (QED) is 0.784. The molecule has 0 unspecified atom stereocenters. The fourth-order valence-corrected chi connectivity index (χ4v) is 2.32. The molecule has 3 rings (SSSR count). The first-order valence-electron chi connectivity index (χ1n) is 6.88. The van der Waals surface area contributed by atoms with Gasteiger partial charge in [-0.3, -0.25) is 4.79 Å². The zero-order valence-corrected chi connectivity index (χ0v) is 12.7. The number of hydrogen-bond acceptors (Lipinski definition) is 3. The molecule has 1 amide bonds. The predicted octanol–water partition coefficient (Wildman–Crippen LogP) is 4.06. The van der Waals surface area contributed by atoms with E-state index in [0.717, 1.165) is 0 Å². The predicted molar refractivity (Wildman–Crippen MR) is 84.5 cm³/mol. The molecule has 0 atom stereocenters. The van der Waals surface area contributed by atoms with Gasteiger partial charge in [0.15, 0.2) is 5.76 Å². The Morgan fingerprint density at radius 1 is 1.17 bits per heavy atom. The van der Waals surface area contributed by atoms with Crippen molar-refractivity contribution in [3.05, 3.63) is 76.7 Å². The Kier molecular flexibility index (Phi) is 4.39. The zero-order valence-electron chi connectivity index (χ0n) is 11.9. The molecule has 23 heavy (non-hydrogen) atoms. The summed E-state index contributed by atoms with van der Waals surface area (Å²) in [5.41, 5.74) is 1.19. The lowest BCUT2D eigenvalue weighted by molar-refractivity contribution is 0.0950. The first kappa shape index (κ1) is 15.2. The summed E-state index contributed by atoms with van der Waals surface area (Å²) in [6.07, 6.45) is 0. The average molecular weight is 331 g/mol. The van der Waals surface area contributed by atoms with Crippen molar-refractivity contribution in [2.75, 3.05) is 0 Å². The minimum atomic E-state index is -0.393. The lowest BCUT2D eigenvalue weighted by atomic mass is 10.1. The number of carbonyl (C=O) groups is 1. The average Bonchev–Trinajstić information content (AvgIpc) is 3.02. The van der Waals surface area contributed by atoms with Gasteiger partial charge >= 0.3 is 0 Å². The molecule has 0 saturated carbocycles. The minimum absolute atomic E-state index is 0.155. The van der Waals surface area contributed by atoms with Crippen molar-refractivity contribution in [3.8, 4) is 11.3 Å². The molecule has 1 N–H and O–H groups in total. The van der Waals surface area contributed by atoms with Crippen LogP contribution in [0.3, 0.4) is 0 Å². The van der Waals surface area contributed by atoms with Crippen molar-refractivity contribution >= 4 is 17.5 Å². The highest BCUT2D eigenvalue weighted by Gasteiger charge is 2.13. The van der Waals surface area contributed by atoms with Crippen LogP contribution in [-0.4, -0.2) is 11.1 Å². The monoisotopic (exact) mass is 330 g/mol. The van der Waals surface area contributed by atoms with Crippen molar-refractivity contribution < 1.29 is 13.7 Å². The van der Waals surface area contributed by atoms with Gasteiger partial charge in [0, 0.05) is 6.07 Å². The van der Waals surface area contributed by atoms with E-state index in [2.05, 4.69) is 10.5 Å². The van der Waals surface area contributed by atoms with E-state index in [1.807, 2.05) is 0 Å². The molecule has 4 nitrogen and oxygen atoms in total. The molecule has 0 aliphatic heterocycles. The third kappa shape index (κ3) is 3.40. The van der Waals surface area contributed by atoms with Gasteiger partial charge in [0.25, 0.3) is 5.91 Å². The Hall–Kier alpha value is -2.66. The molecule has 0 aliphatic rings. The molecule has 3 aromatic rings. The number of amides is 1. The highest BCUT2D eigenvalue weighted by atomic mass is 35.5. The van der Waals surface area contributed by atoms with Crippen LogP contribution in [0.2, 0.25) is 5.02 Å².